The van der Waals surface area contributed by atoms with Gasteiger partial charge in [-0.1, -0.05) is 26.0 Å². The summed E-state index contributed by atoms with van der Waals surface area (Å²) < 4.78 is 10.3. The highest BCUT2D eigenvalue weighted by atomic mass is 16.5. The van der Waals surface area contributed by atoms with Crippen molar-refractivity contribution in [2.24, 2.45) is 5.41 Å². The van der Waals surface area contributed by atoms with Gasteiger partial charge in [-0.15, -0.1) is 0 Å². The molecule has 1 aromatic rings. The summed E-state index contributed by atoms with van der Waals surface area (Å²) in [6.45, 7) is 7.17. The molecule has 0 amide bonds. The van der Waals surface area contributed by atoms with E-state index in [1.807, 2.05) is 12.1 Å². The number of ether oxygens (including phenoxy) is 2. The van der Waals surface area contributed by atoms with Crippen LogP contribution in [0.1, 0.15) is 25.8 Å². The van der Waals surface area contributed by atoms with Crippen LogP contribution >= 0.6 is 0 Å². The fourth-order valence-electron chi connectivity index (χ4n) is 1.79. The van der Waals surface area contributed by atoms with Gasteiger partial charge in [-0.05, 0) is 29.5 Å². The topological polar surface area (TPSA) is 30.5 Å². The Morgan fingerprint density at radius 1 is 1.22 bits per heavy atom. The van der Waals surface area contributed by atoms with E-state index in [2.05, 4.69) is 31.3 Å². The normalized spacial score (nSPS) is 11.6. The average Bonchev–Trinajstić information content (AvgIpc) is 2.36. The van der Waals surface area contributed by atoms with E-state index in [0.29, 0.717) is 0 Å². The number of nitrogens with one attached hydrogen (secondary N) is 1. The van der Waals surface area contributed by atoms with Crippen molar-refractivity contribution in [2.45, 2.75) is 26.8 Å². The molecule has 1 N–H and O–H groups in total. The summed E-state index contributed by atoms with van der Waals surface area (Å²) >= 11 is 0. The molecule has 0 heterocycles. The van der Waals surface area contributed by atoms with Crippen LogP contribution in [-0.2, 0) is 11.3 Å². The van der Waals surface area contributed by atoms with Crippen LogP contribution in [0.15, 0.2) is 24.3 Å². The predicted octanol–water partition coefficient (Wildman–Crippen LogP) is 2.85. The number of rotatable bonds is 8. The first-order valence-corrected chi connectivity index (χ1v) is 6.40. The first-order valence-electron chi connectivity index (χ1n) is 6.40. The Morgan fingerprint density at radius 2 is 2.00 bits per heavy atom. The summed E-state index contributed by atoms with van der Waals surface area (Å²) in [5.41, 5.74) is 1.51. The quantitative estimate of drug-likeness (QED) is 0.770. The Labute approximate surface area is 110 Å². The van der Waals surface area contributed by atoms with E-state index < -0.39 is 0 Å². The Kier molecular flexibility index (Phi) is 6.16. The zero-order chi connectivity index (χ0) is 13.4. The molecular formula is C15H25NO2. The van der Waals surface area contributed by atoms with E-state index in [9.17, 15) is 0 Å². The standard InChI is InChI=1S/C15H25NO2/c1-15(2,8-9-17-3)12-16-11-13-6-5-7-14(10-13)18-4/h5-7,10,16H,8-9,11-12H2,1-4H3. The molecule has 0 atom stereocenters. The molecule has 0 bridgehead atoms. The van der Waals surface area contributed by atoms with Crippen LogP contribution in [0.25, 0.3) is 0 Å². The molecule has 3 heteroatoms. The molecule has 0 spiro atoms. The third kappa shape index (κ3) is 5.52. The highest BCUT2D eigenvalue weighted by Gasteiger charge is 2.16. The van der Waals surface area contributed by atoms with Crippen molar-refractivity contribution in [2.75, 3.05) is 27.4 Å². The van der Waals surface area contributed by atoms with Gasteiger partial charge in [0, 0.05) is 26.8 Å². The lowest BCUT2D eigenvalue weighted by Gasteiger charge is -2.24. The number of hydrogen-bond donors (Lipinski definition) is 1. The molecule has 0 aliphatic rings. The summed E-state index contributed by atoms with van der Waals surface area (Å²) in [5, 5.41) is 3.49. The first kappa shape index (κ1) is 15.0. The number of hydrogen-bond acceptors (Lipinski definition) is 3. The van der Waals surface area contributed by atoms with E-state index in [0.717, 1.165) is 31.9 Å². The molecule has 1 rings (SSSR count). The fourth-order valence-corrected chi connectivity index (χ4v) is 1.79. The molecular weight excluding hydrogens is 226 g/mol. The summed E-state index contributed by atoms with van der Waals surface area (Å²) in [6.07, 6.45) is 1.06. The monoisotopic (exact) mass is 251 g/mol. The summed E-state index contributed by atoms with van der Waals surface area (Å²) in [4.78, 5) is 0. The van der Waals surface area contributed by atoms with Crippen LogP contribution in [-0.4, -0.2) is 27.4 Å². The lowest BCUT2D eigenvalue weighted by Crippen LogP contribution is -2.30. The molecule has 0 unspecified atom stereocenters. The summed E-state index contributed by atoms with van der Waals surface area (Å²) in [5.74, 6) is 0.910. The molecule has 0 fully saturated rings. The van der Waals surface area contributed by atoms with E-state index in [1.165, 1.54) is 5.56 Å². The van der Waals surface area contributed by atoms with Crippen molar-refractivity contribution >= 4 is 0 Å². The van der Waals surface area contributed by atoms with Gasteiger partial charge in [0.2, 0.25) is 0 Å². The van der Waals surface area contributed by atoms with Gasteiger partial charge in [0.15, 0.2) is 0 Å². The Bertz CT molecular complexity index is 350. The largest absolute Gasteiger partial charge is 0.497 e. The molecule has 0 saturated heterocycles. The zero-order valence-corrected chi connectivity index (χ0v) is 12.0. The summed E-state index contributed by atoms with van der Waals surface area (Å²) in [7, 11) is 3.44. The zero-order valence-electron chi connectivity index (χ0n) is 12.0. The fraction of sp³-hybridized carbons (Fsp3) is 0.600. The van der Waals surface area contributed by atoms with Crippen LogP contribution in [0, 0.1) is 5.41 Å². The maximum absolute atomic E-state index is 5.21. The average molecular weight is 251 g/mol. The molecule has 1 aromatic carbocycles. The molecule has 0 radical (unpaired) electrons. The van der Waals surface area contributed by atoms with Crippen molar-refractivity contribution in [1.29, 1.82) is 0 Å². The molecule has 0 aromatic heterocycles. The van der Waals surface area contributed by atoms with Crippen LogP contribution in [0.3, 0.4) is 0 Å². The van der Waals surface area contributed by atoms with Gasteiger partial charge in [-0.3, -0.25) is 0 Å². The van der Waals surface area contributed by atoms with Gasteiger partial charge in [0.25, 0.3) is 0 Å². The van der Waals surface area contributed by atoms with Crippen LogP contribution in [0.4, 0.5) is 0 Å². The van der Waals surface area contributed by atoms with Gasteiger partial charge < -0.3 is 14.8 Å². The van der Waals surface area contributed by atoms with Crippen molar-refractivity contribution in [3.63, 3.8) is 0 Å². The first-order chi connectivity index (χ1) is 8.57. The second-order valence-corrected chi connectivity index (χ2v) is 5.36. The molecule has 3 nitrogen and oxygen atoms in total. The molecule has 0 aliphatic heterocycles. The number of benzene rings is 1. The lowest BCUT2D eigenvalue weighted by atomic mass is 9.89. The third-order valence-corrected chi connectivity index (χ3v) is 3.05. The molecule has 18 heavy (non-hydrogen) atoms. The van der Waals surface area contributed by atoms with Crippen molar-refractivity contribution in [3.05, 3.63) is 29.8 Å². The summed E-state index contributed by atoms with van der Waals surface area (Å²) in [6, 6.07) is 8.16. The van der Waals surface area contributed by atoms with Gasteiger partial charge in [0.05, 0.1) is 7.11 Å². The van der Waals surface area contributed by atoms with Crippen molar-refractivity contribution < 1.29 is 9.47 Å². The third-order valence-electron chi connectivity index (χ3n) is 3.05. The van der Waals surface area contributed by atoms with Gasteiger partial charge in [0.1, 0.15) is 5.75 Å². The minimum atomic E-state index is 0.259. The Morgan fingerprint density at radius 3 is 2.67 bits per heavy atom. The second-order valence-electron chi connectivity index (χ2n) is 5.36. The SMILES string of the molecule is COCCC(C)(C)CNCc1cccc(OC)c1. The van der Waals surface area contributed by atoms with E-state index in [1.54, 1.807) is 14.2 Å². The van der Waals surface area contributed by atoms with Gasteiger partial charge in [-0.2, -0.15) is 0 Å². The minimum Gasteiger partial charge on any atom is -0.497 e. The highest BCUT2D eigenvalue weighted by molar-refractivity contribution is 5.28. The van der Waals surface area contributed by atoms with E-state index in [4.69, 9.17) is 9.47 Å². The van der Waals surface area contributed by atoms with Gasteiger partial charge in [-0.25, -0.2) is 0 Å². The van der Waals surface area contributed by atoms with Crippen molar-refractivity contribution in [3.8, 4) is 5.75 Å². The molecule has 102 valence electrons. The van der Waals surface area contributed by atoms with E-state index in [-0.39, 0.29) is 5.41 Å². The second kappa shape index (κ2) is 7.39. The maximum atomic E-state index is 5.21. The van der Waals surface area contributed by atoms with E-state index >= 15 is 0 Å². The van der Waals surface area contributed by atoms with Crippen LogP contribution in [0.5, 0.6) is 5.75 Å². The minimum absolute atomic E-state index is 0.259. The number of methoxy groups -OCH3 is 2. The Hall–Kier alpha value is -1.06. The maximum Gasteiger partial charge on any atom is 0.119 e. The smallest absolute Gasteiger partial charge is 0.119 e. The van der Waals surface area contributed by atoms with Crippen molar-refractivity contribution in [1.82, 2.24) is 5.32 Å². The van der Waals surface area contributed by atoms with Crippen LogP contribution < -0.4 is 10.1 Å². The molecule has 0 saturated carbocycles. The van der Waals surface area contributed by atoms with Gasteiger partial charge >= 0.3 is 0 Å². The Balaban J connectivity index is 2.36. The highest BCUT2D eigenvalue weighted by Crippen LogP contribution is 2.19. The van der Waals surface area contributed by atoms with Crippen LogP contribution in [0.2, 0.25) is 0 Å². The lowest BCUT2D eigenvalue weighted by molar-refractivity contribution is 0.150. The predicted molar refractivity (Wildman–Crippen MR) is 75.0 cm³/mol. The molecule has 0 aliphatic carbocycles.